The summed E-state index contributed by atoms with van der Waals surface area (Å²) in [7, 11) is 0. The average Bonchev–Trinajstić information content (AvgIpc) is 3.48. The van der Waals surface area contributed by atoms with Gasteiger partial charge in [-0.2, -0.15) is 5.10 Å². The maximum atomic E-state index is 12.5. The van der Waals surface area contributed by atoms with Gasteiger partial charge in [-0.3, -0.25) is 14.3 Å². The number of amides is 2. The van der Waals surface area contributed by atoms with Crippen LogP contribution in [-0.2, 0) is 11.3 Å². The fourth-order valence-electron chi connectivity index (χ4n) is 3.80. The fraction of sp³-hybridized carbons (Fsp3) is 0.522. The van der Waals surface area contributed by atoms with Crippen LogP contribution in [0.15, 0.2) is 42.7 Å². The second-order valence-electron chi connectivity index (χ2n) is 8.37. The number of aromatic nitrogens is 2. The molecule has 1 aromatic carbocycles. The van der Waals surface area contributed by atoms with Crippen molar-refractivity contribution in [3.8, 4) is 5.75 Å². The topological polar surface area (TPSA) is 76.5 Å². The number of carbonyl (C=O) groups excluding carboxylic acids is 2. The molecule has 30 heavy (non-hydrogen) atoms. The molecule has 160 valence electrons. The van der Waals surface area contributed by atoms with Gasteiger partial charge in [-0.05, 0) is 56.5 Å². The Morgan fingerprint density at radius 3 is 2.53 bits per heavy atom. The van der Waals surface area contributed by atoms with Gasteiger partial charge in [0.25, 0.3) is 5.91 Å². The maximum Gasteiger partial charge on any atom is 0.251 e. The van der Waals surface area contributed by atoms with E-state index < -0.39 is 0 Å². The van der Waals surface area contributed by atoms with Crippen molar-refractivity contribution in [2.75, 3.05) is 13.1 Å². The molecule has 1 atom stereocenters. The highest BCUT2D eigenvalue weighted by Gasteiger charge is 2.35. The van der Waals surface area contributed by atoms with E-state index in [0.717, 1.165) is 57.5 Å². The van der Waals surface area contributed by atoms with Gasteiger partial charge >= 0.3 is 0 Å². The first kappa shape index (κ1) is 20.4. The third-order valence-corrected chi connectivity index (χ3v) is 5.83. The van der Waals surface area contributed by atoms with Crippen molar-refractivity contribution in [2.45, 2.75) is 57.7 Å². The molecule has 1 saturated carbocycles. The van der Waals surface area contributed by atoms with Crippen molar-refractivity contribution in [1.82, 2.24) is 20.0 Å². The lowest BCUT2D eigenvalue weighted by Crippen LogP contribution is -2.42. The molecule has 1 aromatic heterocycles. The largest absolute Gasteiger partial charge is 0.490 e. The number of nitrogens with zero attached hydrogens (tertiary/aromatic N) is 3. The molecule has 2 heterocycles. The zero-order chi connectivity index (χ0) is 20.9. The molecule has 1 saturated heterocycles. The van der Waals surface area contributed by atoms with Crippen LogP contribution in [0.2, 0.25) is 0 Å². The average molecular weight is 411 g/mol. The molecule has 2 aliphatic rings. The highest BCUT2D eigenvalue weighted by Crippen LogP contribution is 2.32. The number of nitrogens with one attached hydrogen (secondary N) is 1. The van der Waals surface area contributed by atoms with Gasteiger partial charge in [0.05, 0.1) is 0 Å². The Balaban J connectivity index is 1.20. The van der Waals surface area contributed by atoms with Crippen LogP contribution in [-0.4, -0.2) is 51.7 Å². The Kier molecular flexibility index (Phi) is 6.35. The number of rotatable bonds is 8. The first-order chi connectivity index (χ1) is 14.6. The van der Waals surface area contributed by atoms with Gasteiger partial charge in [-0.15, -0.1) is 0 Å². The monoisotopic (exact) mass is 410 g/mol. The maximum absolute atomic E-state index is 12.5. The third kappa shape index (κ3) is 5.40. The van der Waals surface area contributed by atoms with Crippen LogP contribution in [0.3, 0.4) is 0 Å². The molecular formula is C23H30N4O3. The molecule has 1 aliphatic heterocycles. The van der Waals surface area contributed by atoms with Crippen molar-refractivity contribution in [3.05, 3.63) is 48.3 Å². The second kappa shape index (κ2) is 9.32. The van der Waals surface area contributed by atoms with E-state index in [2.05, 4.69) is 10.4 Å². The smallest absolute Gasteiger partial charge is 0.251 e. The Morgan fingerprint density at radius 1 is 1.17 bits per heavy atom. The summed E-state index contributed by atoms with van der Waals surface area (Å²) in [4.78, 5) is 26.6. The number of piperidine rings is 1. The molecule has 0 unspecified atom stereocenters. The van der Waals surface area contributed by atoms with Crippen LogP contribution < -0.4 is 10.1 Å². The normalized spacial score (nSPS) is 18.1. The number of hydrogen-bond acceptors (Lipinski definition) is 4. The summed E-state index contributed by atoms with van der Waals surface area (Å²) < 4.78 is 7.94. The molecule has 1 N–H and O–H groups in total. The molecule has 0 radical (unpaired) electrons. The number of likely N-dealkylation sites (tertiary alicyclic amines) is 1. The van der Waals surface area contributed by atoms with E-state index in [-0.39, 0.29) is 24.0 Å². The number of aryl methyl sites for hydroxylation is 1. The van der Waals surface area contributed by atoms with E-state index in [1.165, 1.54) is 0 Å². The van der Waals surface area contributed by atoms with Gasteiger partial charge in [0, 0.05) is 62.4 Å². The summed E-state index contributed by atoms with van der Waals surface area (Å²) in [5, 5.41) is 7.21. The molecule has 7 nitrogen and oxygen atoms in total. The predicted octanol–water partition coefficient (Wildman–Crippen LogP) is 2.87. The molecule has 2 aromatic rings. The Hall–Kier alpha value is -2.83. The van der Waals surface area contributed by atoms with Crippen molar-refractivity contribution < 1.29 is 14.3 Å². The molecule has 4 rings (SSSR count). The third-order valence-electron chi connectivity index (χ3n) is 5.83. The van der Waals surface area contributed by atoms with Crippen LogP contribution in [0.25, 0.3) is 0 Å². The van der Waals surface area contributed by atoms with Gasteiger partial charge < -0.3 is 15.0 Å². The minimum Gasteiger partial charge on any atom is -0.490 e. The van der Waals surface area contributed by atoms with E-state index in [9.17, 15) is 9.59 Å². The summed E-state index contributed by atoms with van der Waals surface area (Å²) in [5.74, 6) is 1.30. The number of ether oxygens (including phenoxy) is 1. The zero-order valence-electron chi connectivity index (χ0n) is 17.5. The van der Waals surface area contributed by atoms with Crippen LogP contribution in [0, 0.1) is 5.92 Å². The van der Waals surface area contributed by atoms with Crippen LogP contribution in [0.1, 0.15) is 49.4 Å². The van der Waals surface area contributed by atoms with Gasteiger partial charge in [-0.25, -0.2) is 0 Å². The summed E-state index contributed by atoms with van der Waals surface area (Å²) >= 11 is 0. The molecular weight excluding hydrogens is 380 g/mol. The van der Waals surface area contributed by atoms with Crippen molar-refractivity contribution in [2.24, 2.45) is 5.92 Å². The first-order valence-electron chi connectivity index (χ1n) is 10.9. The lowest BCUT2D eigenvalue weighted by Gasteiger charge is -2.32. The molecule has 1 aliphatic carbocycles. The predicted molar refractivity (Wildman–Crippen MR) is 113 cm³/mol. The Labute approximate surface area is 177 Å². The molecule has 0 bridgehead atoms. The standard InChI is InChI=1S/C23H30N4O3/c1-17(9-16-27-13-2-12-24-27)25-22(28)18-5-7-20(8-6-18)30-21-10-14-26(15-11-21)23(29)19-3-4-19/h2,5-8,12-13,17,19,21H,3-4,9-11,14-16H2,1H3,(H,25,28)/t17-/m1/s1. The molecule has 2 fully saturated rings. The van der Waals surface area contributed by atoms with Crippen LogP contribution in [0.5, 0.6) is 5.75 Å². The van der Waals surface area contributed by atoms with E-state index in [0.29, 0.717) is 11.5 Å². The van der Waals surface area contributed by atoms with Crippen molar-refractivity contribution in [1.29, 1.82) is 0 Å². The number of hydrogen-bond donors (Lipinski definition) is 1. The van der Waals surface area contributed by atoms with Gasteiger partial charge in [0.15, 0.2) is 0 Å². The van der Waals surface area contributed by atoms with E-state index in [4.69, 9.17) is 4.74 Å². The lowest BCUT2D eigenvalue weighted by molar-refractivity contribution is -0.134. The van der Waals surface area contributed by atoms with E-state index in [1.54, 1.807) is 18.3 Å². The first-order valence-corrected chi connectivity index (χ1v) is 10.9. The molecule has 2 amide bonds. The second-order valence-corrected chi connectivity index (χ2v) is 8.37. The zero-order valence-corrected chi connectivity index (χ0v) is 17.5. The van der Waals surface area contributed by atoms with Crippen LogP contribution >= 0.6 is 0 Å². The molecule has 7 heteroatoms. The summed E-state index contributed by atoms with van der Waals surface area (Å²) in [6.07, 6.45) is 8.43. The Bertz CT molecular complexity index is 838. The fourth-order valence-corrected chi connectivity index (χ4v) is 3.80. The highest BCUT2D eigenvalue weighted by molar-refractivity contribution is 5.94. The summed E-state index contributed by atoms with van der Waals surface area (Å²) in [6.45, 7) is 4.32. The van der Waals surface area contributed by atoms with E-state index >= 15 is 0 Å². The van der Waals surface area contributed by atoms with Crippen molar-refractivity contribution >= 4 is 11.8 Å². The minimum absolute atomic E-state index is 0.0566. The van der Waals surface area contributed by atoms with Crippen LogP contribution in [0.4, 0.5) is 0 Å². The van der Waals surface area contributed by atoms with Gasteiger partial charge in [0.1, 0.15) is 11.9 Å². The van der Waals surface area contributed by atoms with Gasteiger partial charge in [-0.1, -0.05) is 0 Å². The van der Waals surface area contributed by atoms with Gasteiger partial charge in [0.2, 0.25) is 5.91 Å². The SMILES string of the molecule is C[C@H](CCn1cccn1)NC(=O)c1ccc(OC2CCN(C(=O)C3CC3)CC2)cc1. The highest BCUT2D eigenvalue weighted by atomic mass is 16.5. The number of benzene rings is 1. The lowest BCUT2D eigenvalue weighted by atomic mass is 10.1. The molecule has 0 spiro atoms. The quantitative estimate of drug-likeness (QED) is 0.726. The minimum atomic E-state index is -0.0820. The van der Waals surface area contributed by atoms with Crippen molar-refractivity contribution in [3.63, 3.8) is 0 Å². The summed E-state index contributed by atoms with van der Waals surface area (Å²) in [5.41, 5.74) is 0.623. The number of carbonyl (C=O) groups is 2. The van der Waals surface area contributed by atoms with E-state index in [1.807, 2.05) is 40.9 Å². The Morgan fingerprint density at radius 2 is 1.90 bits per heavy atom. The summed E-state index contributed by atoms with van der Waals surface area (Å²) in [6, 6.07) is 9.26.